The Kier molecular flexibility index (Phi) is 6.71. The Balaban J connectivity index is 3.25. The Labute approximate surface area is 147 Å². The van der Waals surface area contributed by atoms with Crippen LogP contribution in [0.25, 0.3) is 0 Å². The van der Waals surface area contributed by atoms with Crippen molar-refractivity contribution >= 4 is 0 Å². The summed E-state index contributed by atoms with van der Waals surface area (Å²) in [7, 11) is 0. The molecule has 0 fully saturated rings. The topological polar surface area (TPSA) is 36.9 Å². The molecule has 138 valence electrons. The third-order valence-corrected chi connectivity index (χ3v) is 3.13. The first-order valence-corrected chi connectivity index (χ1v) is 8.69. The maximum absolute atomic E-state index is 5.76. The average Bonchev–Trinajstić information content (AvgIpc) is 2.40. The van der Waals surface area contributed by atoms with Gasteiger partial charge < -0.3 is 9.78 Å². The van der Waals surface area contributed by atoms with Crippen molar-refractivity contribution in [3.05, 3.63) is 23.3 Å². The zero-order valence-electron chi connectivity index (χ0n) is 16.9. The molecule has 4 heteroatoms. The zero-order chi connectivity index (χ0) is 18.7. The van der Waals surface area contributed by atoms with Crippen LogP contribution in [0.1, 0.15) is 92.2 Å². The molecule has 0 heterocycles. The van der Waals surface area contributed by atoms with Gasteiger partial charge in [0.25, 0.3) is 0 Å². The summed E-state index contributed by atoms with van der Waals surface area (Å²) < 4.78 is 0. The van der Waals surface area contributed by atoms with E-state index in [0.29, 0.717) is 5.75 Å². The molecule has 0 N–H and O–H groups in total. The predicted octanol–water partition coefficient (Wildman–Crippen LogP) is 6.15. The average molecular weight is 338 g/mol. The summed E-state index contributed by atoms with van der Waals surface area (Å²) >= 11 is 0. The molecule has 1 aromatic carbocycles. The highest BCUT2D eigenvalue weighted by atomic mass is 17.2. The van der Waals surface area contributed by atoms with Gasteiger partial charge >= 0.3 is 0 Å². The van der Waals surface area contributed by atoms with Crippen LogP contribution in [0.3, 0.4) is 0 Å². The van der Waals surface area contributed by atoms with Crippen molar-refractivity contribution in [3.8, 4) is 11.5 Å². The van der Waals surface area contributed by atoms with E-state index in [2.05, 4.69) is 27.7 Å². The van der Waals surface area contributed by atoms with Crippen LogP contribution in [0.2, 0.25) is 0 Å². The minimum absolute atomic E-state index is 0.263. The van der Waals surface area contributed by atoms with Gasteiger partial charge in [0.15, 0.2) is 11.5 Å². The highest BCUT2D eigenvalue weighted by molar-refractivity contribution is 5.49. The van der Waals surface area contributed by atoms with Crippen LogP contribution >= 0.6 is 0 Å². The lowest BCUT2D eigenvalue weighted by atomic mass is 9.93. The second-order valence-electron chi connectivity index (χ2n) is 8.80. The van der Waals surface area contributed by atoms with Crippen molar-refractivity contribution < 1.29 is 19.6 Å². The molecule has 1 rings (SSSR count). The van der Waals surface area contributed by atoms with Gasteiger partial charge in [-0.25, -0.2) is 0 Å². The first-order valence-electron chi connectivity index (χ1n) is 8.69. The summed E-state index contributed by atoms with van der Waals surface area (Å²) in [5, 5.41) is 0. The minimum atomic E-state index is -0.382. The summed E-state index contributed by atoms with van der Waals surface area (Å²) in [6, 6.07) is 3.92. The fraction of sp³-hybridized carbons (Fsp3) is 0.700. The Morgan fingerprint density at radius 1 is 0.667 bits per heavy atom. The first kappa shape index (κ1) is 20.8. The van der Waals surface area contributed by atoms with Crippen LogP contribution in [0.4, 0.5) is 0 Å². The van der Waals surface area contributed by atoms with Crippen molar-refractivity contribution in [2.75, 3.05) is 0 Å². The lowest BCUT2D eigenvalue weighted by Gasteiger charge is -2.24. The molecule has 0 saturated heterocycles. The maximum Gasteiger partial charge on any atom is 0.172 e. The normalized spacial score (nSPS) is 12.8. The van der Waals surface area contributed by atoms with Gasteiger partial charge in [0, 0.05) is 11.1 Å². The van der Waals surface area contributed by atoms with E-state index in [1.807, 2.05) is 53.7 Å². The predicted molar refractivity (Wildman–Crippen MR) is 97.6 cm³/mol. The summed E-state index contributed by atoms with van der Waals surface area (Å²) in [4.78, 5) is 22.4. The molecule has 1 aromatic rings. The summed E-state index contributed by atoms with van der Waals surface area (Å²) in [6.45, 7) is 20.2. The van der Waals surface area contributed by atoms with E-state index < -0.39 is 0 Å². The highest BCUT2D eigenvalue weighted by Gasteiger charge is 2.23. The second-order valence-corrected chi connectivity index (χ2v) is 8.80. The molecule has 24 heavy (non-hydrogen) atoms. The number of benzene rings is 1. The molecule has 0 radical (unpaired) electrons. The van der Waals surface area contributed by atoms with Crippen LogP contribution in [-0.2, 0) is 9.78 Å². The second kappa shape index (κ2) is 7.75. The Morgan fingerprint density at radius 3 is 1.38 bits per heavy atom. The molecule has 0 spiro atoms. The largest absolute Gasteiger partial charge is 0.337 e. The van der Waals surface area contributed by atoms with Gasteiger partial charge in [-0.3, -0.25) is 0 Å². The molecule has 0 aliphatic carbocycles. The van der Waals surface area contributed by atoms with E-state index in [1.165, 1.54) is 0 Å². The SMILES string of the molecule is CC(C)c1cc(OOC(C)(C)C)cc(C(C)C)c1OOC(C)(C)C. The molecule has 0 amide bonds. The van der Waals surface area contributed by atoms with Crippen LogP contribution in [-0.4, -0.2) is 11.2 Å². The van der Waals surface area contributed by atoms with Crippen molar-refractivity contribution in [3.63, 3.8) is 0 Å². The van der Waals surface area contributed by atoms with Gasteiger partial charge in [-0.1, -0.05) is 27.7 Å². The molecule has 0 saturated carbocycles. The van der Waals surface area contributed by atoms with Gasteiger partial charge in [0.2, 0.25) is 0 Å². The molecule has 0 bridgehead atoms. The summed E-state index contributed by atoms with van der Waals surface area (Å²) in [5.74, 6) is 1.98. The van der Waals surface area contributed by atoms with Crippen LogP contribution in [0.5, 0.6) is 11.5 Å². The van der Waals surface area contributed by atoms with Crippen molar-refractivity contribution in [1.82, 2.24) is 0 Å². The quantitative estimate of drug-likeness (QED) is 0.460. The molecular weight excluding hydrogens is 304 g/mol. The van der Waals surface area contributed by atoms with E-state index in [-0.39, 0.29) is 23.0 Å². The van der Waals surface area contributed by atoms with Crippen molar-refractivity contribution in [1.29, 1.82) is 0 Å². The smallest absolute Gasteiger partial charge is 0.172 e. The monoisotopic (exact) mass is 338 g/mol. The van der Waals surface area contributed by atoms with E-state index >= 15 is 0 Å². The molecule has 0 aliphatic rings. The number of rotatable bonds is 6. The molecule has 0 aliphatic heterocycles. The highest BCUT2D eigenvalue weighted by Crippen LogP contribution is 2.39. The van der Waals surface area contributed by atoms with Crippen LogP contribution in [0.15, 0.2) is 12.1 Å². The molecule has 0 atom stereocenters. The van der Waals surface area contributed by atoms with Crippen molar-refractivity contribution in [2.45, 2.75) is 92.3 Å². The van der Waals surface area contributed by atoms with Crippen LogP contribution < -0.4 is 9.78 Å². The molecular formula is C20H34O4. The minimum Gasteiger partial charge on any atom is -0.337 e. The molecule has 0 aromatic heterocycles. The summed E-state index contributed by atoms with van der Waals surface area (Å²) in [5.41, 5.74) is 1.32. The van der Waals surface area contributed by atoms with E-state index in [1.54, 1.807) is 0 Å². The van der Waals surface area contributed by atoms with Gasteiger partial charge in [-0.05, 0) is 65.5 Å². The van der Waals surface area contributed by atoms with Gasteiger partial charge in [-0.15, -0.1) is 0 Å². The molecule has 0 unspecified atom stereocenters. The Morgan fingerprint density at radius 2 is 1.04 bits per heavy atom. The fourth-order valence-corrected chi connectivity index (χ4v) is 1.99. The van der Waals surface area contributed by atoms with Gasteiger partial charge in [0.05, 0.1) is 0 Å². The third kappa shape index (κ3) is 6.70. The van der Waals surface area contributed by atoms with Crippen molar-refractivity contribution in [2.24, 2.45) is 0 Å². The maximum atomic E-state index is 5.76. The zero-order valence-corrected chi connectivity index (χ0v) is 16.9. The lowest BCUT2D eigenvalue weighted by Crippen LogP contribution is -2.23. The number of hydrogen-bond acceptors (Lipinski definition) is 4. The van der Waals surface area contributed by atoms with E-state index in [4.69, 9.17) is 19.6 Å². The Hall–Kier alpha value is -1.26. The van der Waals surface area contributed by atoms with E-state index in [0.717, 1.165) is 16.9 Å². The lowest BCUT2D eigenvalue weighted by molar-refractivity contribution is -0.277. The Bertz CT molecular complexity index is 505. The van der Waals surface area contributed by atoms with Crippen LogP contribution in [0, 0.1) is 0 Å². The standard InChI is InChI=1S/C20H34O4/c1-13(2)16-11-15(21-23-19(5,6)7)12-17(14(3)4)18(16)22-24-20(8,9)10/h11-14H,1-10H3. The first-order chi connectivity index (χ1) is 10.8. The fourth-order valence-electron chi connectivity index (χ4n) is 1.99. The third-order valence-electron chi connectivity index (χ3n) is 3.13. The number of hydrogen-bond donors (Lipinski definition) is 0. The summed E-state index contributed by atoms with van der Waals surface area (Å²) in [6.07, 6.45) is 0. The van der Waals surface area contributed by atoms with Gasteiger partial charge in [0.1, 0.15) is 11.2 Å². The van der Waals surface area contributed by atoms with E-state index in [9.17, 15) is 0 Å². The molecule has 4 nitrogen and oxygen atoms in total. The van der Waals surface area contributed by atoms with Gasteiger partial charge in [-0.2, -0.15) is 9.78 Å².